The van der Waals surface area contributed by atoms with Crippen LogP contribution in [0.25, 0.3) is 10.9 Å². The number of aliphatic hydroxyl groups excluding tert-OH is 1. The Labute approximate surface area is 157 Å². The van der Waals surface area contributed by atoms with Crippen molar-refractivity contribution in [1.29, 1.82) is 0 Å². The van der Waals surface area contributed by atoms with Gasteiger partial charge in [-0.25, -0.2) is 9.78 Å². The van der Waals surface area contributed by atoms with Crippen LogP contribution < -0.4 is 15.4 Å². The van der Waals surface area contributed by atoms with Crippen molar-refractivity contribution in [2.75, 3.05) is 12.4 Å². The van der Waals surface area contributed by atoms with E-state index >= 15 is 0 Å². The summed E-state index contributed by atoms with van der Waals surface area (Å²) in [6.07, 6.45) is -0.330. The SMILES string of the molecule is CCC(O)c1nc(NC(=O)NC(C)c2ccccc2)cc2[nH]nc(OC)c12. The van der Waals surface area contributed by atoms with Gasteiger partial charge in [0.05, 0.1) is 35.9 Å². The molecule has 3 rings (SSSR count). The number of rotatable bonds is 6. The minimum atomic E-state index is -0.799. The molecule has 8 heteroatoms. The summed E-state index contributed by atoms with van der Waals surface area (Å²) in [7, 11) is 1.50. The molecule has 142 valence electrons. The summed E-state index contributed by atoms with van der Waals surface area (Å²) >= 11 is 0. The number of carbonyl (C=O) groups excluding carboxylic acids is 1. The Balaban J connectivity index is 1.83. The van der Waals surface area contributed by atoms with Gasteiger partial charge in [-0.3, -0.25) is 10.4 Å². The number of nitrogens with one attached hydrogen (secondary N) is 3. The number of amides is 2. The molecule has 3 aromatic rings. The molecule has 0 aliphatic carbocycles. The lowest BCUT2D eigenvalue weighted by molar-refractivity contribution is 0.170. The fraction of sp³-hybridized carbons (Fsp3) is 0.316. The Morgan fingerprint density at radius 3 is 2.74 bits per heavy atom. The molecule has 8 nitrogen and oxygen atoms in total. The van der Waals surface area contributed by atoms with Crippen molar-refractivity contribution in [3.8, 4) is 5.88 Å². The van der Waals surface area contributed by atoms with E-state index in [2.05, 4.69) is 25.8 Å². The number of hydrogen-bond donors (Lipinski definition) is 4. The van der Waals surface area contributed by atoms with E-state index in [1.165, 1.54) is 7.11 Å². The van der Waals surface area contributed by atoms with Gasteiger partial charge in [0.15, 0.2) is 0 Å². The summed E-state index contributed by atoms with van der Waals surface area (Å²) in [4.78, 5) is 16.8. The number of anilines is 1. The first-order chi connectivity index (χ1) is 13.0. The van der Waals surface area contributed by atoms with E-state index in [1.54, 1.807) is 6.07 Å². The average Bonchev–Trinajstić information content (AvgIpc) is 3.10. The summed E-state index contributed by atoms with van der Waals surface area (Å²) < 4.78 is 5.23. The van der Waals surface area contributed by atoms with Gasteiger partial charge in [-0.1, -0.05) is 37.3 Å². The van der Waals surface area contributed by atoms with Gasteiger partial charge in [-0.05, 0) is 18.9 Å². The highest BCUT2D eigenvalue weighted by atomic mass is 16.5. The zero-order chi connectivity index (χ0) is 19.4. The molecule has 2 unspecified atom stereocenters. The number of H-pyrrole nitrogens is 1. The molecule has 2 atom stereocenters. The second kappa shape index (κ2) is 8.05. The van der Waals surface area contributed by atoms with E-state index in [4.69, 9.17) is 4.74 Å². The molecule has 2 amide bonds. The fourth-order valence-corrected chi connectivity index (χ4v) is 2.86. The third-order valence-electron chi connectivity index (χ3n) is 4.32. The van der Waals surface area contributed by atoms with E-state index in [0.29, 0.717) is 34.7 Å². The van der Waals surface area contributed by atoms with Crippen molar-refractivity contribution in [2.24, 2.45) is 0 Å². The predicted molar refractivity (Wildman–Crippen MR) is 103 cm³/mol. The first-order valence-electron chi connectivity index (χ1n) is 8.77. The van der Waals surface area contributed by atoms with Gasteiger partial charge in [0.2, 0.25) is 5.88 Å². The third kappa shape index (κ3) is 4.01. The summed E-state index contributed by atoms with van der Waals surface area (Å²) in [5.41, 5.74) is 2.03. The molecule has 0 saturated heterocycles. The summed E-state index contributed by atoms with van der Waals surface area (Å²) in [6, 6.07) is 10.8. The molecular formula is C19H23N5O3. The Morgan fingerprint density at radius 2 is 2.07 bits per heavy atom. The topological polar surface area (TPSA) is 112 Å². The fourth-order valence-electron chi connectivity index (χ4n) is 2.86. The summed E-state index contributed by atoms with van der Waals surface area (Å²) in [5.74, 6) is 0.669. The molecule has 0 radical (unpaired) electrons. The van der Waals surface area contributed by atoms with E-state index in [1.807, 2.05) is 44.2 Å². The van der Waals surface area contributed by atoms with Gasteiger partial charge in [-0.2, -0.15) is 0 Å². The van der Waals surface area contributed by atoms with Crippen LogP contribution in [0.5, 0.6) is 5.88 Å². The number of pyridine rings is 1. The highest BCUT2D eigenvalue weighted by Crippen LogP contribution is 2.32. The molecule has 4 N–H and O–H groups in total. The molecule has 0 fully saturated rings. The van der Waals surface area contributed by atoms with Crippen molar-refractivity contribution >= 4 is 22.8 Å². The lowest BCUT2D eigenvalue weighted by atomic mass is 10.1. The Kier molecular flexibility index (Phi) is 5.56. The first-order valence-corrected chi connectivity index (χ1v) is 8.77. The van der Waals surface area contributed by atoms with Crippen molar-refractivity contribution in [3.63, 3.8) is 0 Å². The first kappa shape index (κ1) is 18.7. The number of fused-ring (bicyclic) bond motifs is 1. The molecule has 0 aliphatic heterocycles. The van der Waals surface area contributed by atoms with Gasteiger partial charge < -0.3 is 15.2 Å². The number of aliphatic hydroxyl groups is 1. The zero-order valence-corrected chi connectivity index (χ0v) is 15.5. The van der Waals surface area contributed by atoms with Gasteiger partial charge in [0.1, 0.15) is 5.82 Å². The number of methoxy groups -OCH3 is 1. The van der Waals surface area contributed by atoms with Crippen LogP contribution >= 0.6 is 0 Å². The lowest BCUT2D eigenvalue weighted by Crippen LogP contribution is -2.31. The van der Waals surface area contributed by atoms with E-state index in [-0.39, 0.29) is 12.1 Å². The van der Waals surface area contributed by atoms with Crippen molar-refractivity contribution in [2.45, 2.75) is 32.4 Å². The molecule has 2 heterocycles. The van der Waals surface area contributed by atoms with Crippen LogP contribution in [0, 0.1) is 0 Å². The van der Waals surface area contributed by atoms with Crippen molar-refractivity contribution in [3.05, 3.63) is 47.7 Å². The van der Waals surface area contributed by atoms with Gasteiger partial charge in [0.25, 0.3) is 0 Å². The predicted octanol–water partition coefficient (Wildman–Crippen LogP) is 3.29. The Bertz CT molecular complexity index is 926. The van der Waals surface area contributed by atoms with Crippen LogP contribution in [0.15, 0.2) is 36.4 Å². The Hall–Kier alpha value is -3.13. The summed E-state index contributed by atoms with van der Waals surface area (Å²) in [5, 5.41) is 23.4. The number of benzene rings is 1. The second-order valence-corrected chi connectivity index (χ2v) is 6.20. The van der Waals surface area contributed by atoms with Crippen LogP contribution in [0.4, 0.5) is 10.6 Å². The molecular weight excluding hydrogens is 346 g/mol. The van der Waals surface area contributed by atoms with Crippen LogP contribution in [0.1, 0.15) is 43.7 Å². The summed E-state index contributed by atoms with van der Waals surface area (Å²) in [6.45, 7) is 3.75. The van der Waals surface area contributed by atoms with Crippen LogP contribution in [0.2, 0.25) is 0 Å². The number of hydrogen-bond acceptors (Lipinski definition) is 5. The number of aromatic amines is 1. The van der Waals surface area contributed by atoms with E-state index in [9.17, 15) is 9.90 Å². The minimum Gasteiger partial charge on any atom is -0.479 e. The molecule has 0 bridgehead atoms. The molecule has 1 aromatic carbocycles. The standard InChI is InChI=1S/C19H23N5O3/c1-4-14(25)17-16-13(23-24-18(16)27-3)10-15(21-17)22-19(26)20-11(2)12-8-6-5-7-9-12/h5-11,14,25H,4H2,1-3H3,(H,23,24)(H2,20,21,22,26). The minimum absolute atomic E-state index is 0.164. The zero-order valence-electron chi connectivity index (χ0n) is 15.5. The van der Waals surface area contributed by atoms with Gasteiger partial charge in [-0.15, -0.1) is 5.10 Å². The van der Waals surface area contributed by atoms with Crippen molar-refractivity contribution < 1.29 is 14.6 Å². The molecule has 27 heavy (non-hydrogen) atoms. The molecule has 0 saturated carbocycles. The van der Waals surface area contributed by atoms with Crippen LogP contribution in [-0.2, 0) is 0 Å². The normalized spacial score (nSPS) is 13.2. The van der Waals surface area contributed by atoms with Crippen LogP contribution in [0.3, 0.4) is 0 Å². The quantitative estimate of drug-likeness (QED) is 0.533. The highest BCUT2D eigenvalue weighted by molar-refractivity contribution is 5.93. The average molecular weight is 369 g/mol. The molecule has 2 aromatic heterocycles. The van der Waals surface area contributed by atoms with E-state index < -0.39 is 6.10 Å². The number of carbonyl (C=O) groups is 1. The monoisotopic (exact) mass is 369 g/mol. The van der Waals surface area contributed by atoms with Crippen LogP contribution in [-0.4, -0.2) is 33.4 Å². The number of nitrogens with zero attached hydrogens (tertiary/aromatic N) is 2. The maximum Gasteiger partial charge on any atom is 0.320 e. The largest absolute Gasteiger partial charge is 0.479 e. The number of aromatic nitrogens is 3. The number of ether oxygens (including phenoxy) is 1. The maximum atomic E-state index is 12.4. The maximum absolute atomic E-state index is 12.4. The third-order valence-corrected chi connectivity index (χ3v) is 4.32. The lowest BCUT2D eigenvalue weighted by Gasteiger charge is -2.16. The molecule has 0 spiro atoms. The van der Waals surface area contributed by atoms with Gasteiger partial charge in [0, 0.05) is 6.07 Å². The second-order valence-electron chi connectivity index (χ2n) is 6.20. The highest BCUT2D eigenvalue weighted by Gasteiger charge is 2.20. The Morgan fingerprint density at radius 1 is 1.33 bits per heavy atom. The van der Waals surface area contributed by atoms with Gasteiger partial charge >= 0.3 is 6.03 Å². The van der Waals surface area contributed by atoms with Crippen molar-refractivity contribution in [1.82, 2.24) is 20.5 Å². The molecule has 0 aliphatic rings. The number of urea groups is 1. The smallest absolute Gasteiger partial charge is 0.320 e. The van der Waals surface area contributed by atoms with E-state index in [0.717, 1.165) is 5.56 Å².